The molecule has 2 aromatic heterocycles. The summed E-state index contributed by atoms with van der Waals surface area (Å²) in [5, 5.41) is 15.1. The van der Waals surface area contributed by atoms with E-state index in [-0.39, 0.29) is 12.2 Å². The first kappa shape index (κ1) is 32.1. The lowest BCUT2D eigenvalue weighted by molar-refractivity contribution is -0.143. The van der Waals surface area contributed by atoms with Crippen molar-refractivity contribution >= 4 is 39.4 Å². The molecule has 14 heteroatoms. The number of carboxylic acids is 1. The minimum Gasteiger partial charge on any atom is -0.480 e. The summed E-state index contributed by atoms with van der Waals surface area (Å²) in [5.41, 5.74) is 0.530. The van der Waals surface area contributed by atoms with Crippen LogP contribution in [0.2, 0.25) is 0 Å². The molecule has 0 bridgehead atoms. The SMILES string of the molecule is CC[C@@H](Nc1cc(F)c(C(=O)N[C@@H](Cc2ccc(-c3nc(C)c4ccc(F)cc4n3)c3ncccc23)C(=O)O)c(F)c1)C(F)(F)F. The first-order valence-corrected chi connectivity index (χ1v) is 13.9. The molecule has 5 aromatic rings. The fourth-order valence-electron chi connectivity index (χ4n) is 5.11. The third-order valence-corrected chi connectivity index (χ3v) is 7.39. The maximum Gasteiger partial charge on any atom is 0.408 e. The van der Waals surface area contributed by atoms with Crippen molar-refractivity contribution in [3.63, 3.8) is 0 Å². The zero-order valence-corrected chi connectivity index (χ0v) is 24.2. The molecule has 238 valence electrons. The molecule has 3 N–H and O–H groups in total. The van der Waals surface area contributed by atoms with Crippen LogP contribution in [0.25, 0.3) is 33.2 Å². The molecule has 46 heavy (non-hydrogen) atoms. The highest BCUT2D eigenvalue weighted by atomic mass is 19.4. The van der Waals surface area contributed by atoms with Gasteiger partial charge in [0.15, 0.2) is 5.82 Å². The number of fused-ring (bicyclic) bond motifs is 2. The van der Waals surface area contributed by atoms with Gasteiger partial charge in [0.1, 0.15) is 35.1 Å². The Labute approximate surface area is 257 Å². The highest BCUT2D eigenvalue weighted by Crippen LogP contribution is 2.31. The zero-order valence-electron chi connectivity index (χ0n) is 24.2. The predicted molar refractivity (Wildman–Crippen MR) is 158 cm³/mol. The topological polar surface area (TPSA) is 117 Å². The Hall–Kier alpha value is -5.27. The highest BCUT2D eigenvalue weighted by Gasteiger charge is 2.38. The number of rotatable bonds is 9. The van der Waals surface area contributed by atoms with Crippen molar-refractivity contribution in [3.8, 4) is 11.4 Å². The molecule has 0 aliphatic rings. The van der Waals surface area contributed by atoms with Crippen LogP contribution in [-0.2, 0) is 11.2 Å². The molecule has 0 saturated carbocycles. The van der Waals surface area contributed by atoms with Crippen molar-refractivity contribution in [2.45, 2.75) is 44.9 Å². The van der Waals surface area contributed by atoms with E-state index in [0.29, 0.717) is 50.8 Å². The fourth-order valence-corrected chi connectivity index (χ4v) is 5.11. The number of carboxylic acid groups (broad SMARTS) is 1. The monoisotopic (exact) mass is 641 g/mol. The van der Waals surface area contributed by atoms with Crippen molar-refractivity contribution < 1.29 is 41.0 Å². The van der Waals surface area contributed by atoms with Crippen LogP contribution in [-0.4, -0.2) is 50.2 Å². The second kappa shape index (κ2) is 12.6. The summed E-state index contributed by atoms with van der Waals surface area (Å²) in [7, 11) is 0. The van der Waals surface area contributed by atoms with Gasteiger partial charge >= 0.3 is 12.1 Å². The van der Waals surface area contributed by atoms with Gasteiger partial charge in [0.25, 0.3) is 5.91 Å². The predicted octanol–water partition coefficient (Wildman–Crippen LogP) is 6.75. The number of alkyl halides is 3. The molecule has 0 fully saturated rings. The van der Waals surface area contributed by atoms with E-state index in [1.54, 1.807) is 37.3 Å². The molecule has 1 amide bonds. The van der Waals surface area contributed by atoms with Gasteiger partial charge in [-0.25, -0.2) is 27.9 Å². The van der Waals surface area contributed by atoms with Crippen molar-refractivity contribution in [3.05, 3.63) is 95.1 Å². The molecule has 8 nitrogen and oxygen atoms in total. The number of benzene rings is 3. The van der Waals surface area contributed by atoms with E-state index < -0.39 is 65.3 Å². The molecule has 5 rings (SSSR count). The van der Waals surface area contributed by atoms with Crippen molar-refractivity contribution in [1.29, 1.82) is 0 Å². The van der Waals surface area contributed by atoms with Gasteiger partial charge in [-0.1, -0.05) is 19.1 Å². The molecular weight excluding hydrogens is 616 g/mol. The van der Waals surface area contributed by atoms with Gasteiger partial charge in [-0.05, 0) is 55.3 Å². The third kappa shape index (κ3) is 6.55. The zero-order chi connectivity index (χ0) is 33.3. The minimum atomic E-state index is -4.69. The lowest BCUT2D eigenvalue weighted by Gasteiger charge is -2.22. The van der Waals surface area contributed by atoms with Gasteiger partial charge in [0.05, 0.1) is 11.0 Å². The van der Waals surface area contributed by atoms with Crippen LogP contribution >= 0.6 is 0 Å². The lowest BCUT2D eigenvalue weighted by atomic mass is 9.97. The van der Waals surface area contributed by atoms with Gasteiger partial charge in [-0.2, -0.15) is 13.2 Å². The van der Waals surface area contributed by atoms with E-state index in [2.05, 4.69) is 20.3 Å². The Morgan fingerprint density at radius 3 is 2.33 bits per heavy atom. The van der Waals surface area contributed by atoms with Gasteiger partial charge in [-0.3, -0.25) is 9.78 Å². The summed E-state index contributed by atoms with van der Waals surface area (Å²) in [5.74, 6) is -6.12. The number of carbonyl (C=O) groups excluding carboxylic acids is 1. The van der Waals surface area contributed by atoms with Crippen LogP contribution in [0, 0.1) is 24.4 Å². The van der Waals surface area contributed by atoms with Gasteiger partial charge in [0.2, 0.25) is 0 Å². The fraction of sp³-hybridized carbons (Fsp3) is 0.219. The molecule has 2 atom stereocenters. The van der Waals surface area contributed by atoms with Gasteiger partial charge < -0.3 is 15.7 Å². The second-order valence-corrected chi connectivity index (χ2v) is 10.5. The molecule has 0 unspecified atom stereocenters. The number of hydrogen-bond donors (Lipinski definition) is 3. The Kier molecular flexibility index (Phi) is 8.81. The first-order valence-electron chi connectivity index (χ1n) is 13.9. The number of carbonyl (C=O) groups is 2. The second-order valence-electron chi connectivity index (χ2n) is 10.5. The highest BCUT2D eigenvalue weighted by molar-refractivity contribution is 5.98. The lowest BCUT2D eigenvalue weighted by Crippen LogP contribution is -2.43. The third-order valence-electron chi connectivity index (χ3n) is 7.39. The van der Waals surface area contributed by atoms with Gasteiger partial charge in [0, 0.05) is 46.4 Å². The number of aromatic nitrogens is 3. The van der Waals surface area contributed by atoms with E-state index in [1.165, 1.54) is 25.3 Å². The van der Waals surface area contributed by atoms with Crippen molar-refractivity contribution in [1.82, 2.24) is 20.3 Å². The summed E-state index contributed by atoms with van der Waals surface area (Å²) in [6, 6.07) is 7.89. The largest absolute Gasteiger partial charge is 0.480 e. The van der Waals surface area contributed by atoms with E-state index in [4.69, 9.17) is 0 Å². The number of amides is 1. The number of nitrogens with zero attached hydrogens (tertiary/aromatic N) is 3. The van der Waals surface area contributed by atoms with Crippen molar-refractivity contribution in [2.75, 3.05) is 5.32 Å². The average Bonchev–Trinajstić information content (AvgIpc) is 2.98. The molecule has 0 spiro atoms. The minimum absolute atomic E-state index is 0.248. The maximum absolute atomic E-state index is 14.8. The van der Waals surface area contributed by atoms with Crippen LogP contribution in [0.5, 0.6) is 0 Å². The Morgan fingerprint density at radius 2 is 1.67 bits per heavy atom. The average molecular weight is 642 g/mol. The van der Waals surface area contributed by atoms with E-state index >= 15 is 0 Å². The first-order chi connectivity index (χ1) is 21.8. The van der Waals surface area contributed by atoms with E-state index in [0.717, 1.165) is 0 Å². The number of halogens is 6. The van der Waals surface area contributed by atoms with Crippen LogP contribution in [0.3, 0.4) is 0 Å². The number of hydrogen-bond acceptors (Lipinski definition) is 6. The summed E-state index contributed by atoms with van der Waals surface area (Å²) < 4.78 is 82.9. The molecule has 0 saturated heterocycles. The normalized spacial score (nSPS) is 13.0. The summed E-state index contributed by atoms with van der Waals surface area (Å²) in [6.07, 6.45) is -3.94. The maximum atomic E-state index is 14.8. The molecular formula is C32H25F6N5O3. The summed E-state index contributed by atoms with van der Waals surface area (Å²) in [4.78, 5) is 38.5. The molecule has 2 heterocycles. The number of nitrogens with one attached hydrogen (secondary N) is 2. The molecule has 0 aliphatic heterocycles. The Morgan fingerprint density at radius 1 is 0.957 bits per heavy atom. The molecule has 3 aromatic carbocycles. The number of aliphatic carboxylic acids is 1. The molecule has 0 radical (unpaired) electrons. The van der Waals surface area contributed by atoms with Crippen molar-refractivity contribution in [2.24, 2.45) is 0 Å². The van der Waals surface area contributed by atoms with Crippen LogP contribution in [0.1, 0.15) is 35.0 Å². The molecule has 0 aliphatic carbocycles. The number of pyridine rings is 1. The van der Waals surface area contributed by atoms with Crippen LogP contribution < -0.4 is 10.6 Å². The van der Waals surface area contributed by atoms with Gasteiger partial charge in [-0.15, -0.1) is 0 Å². The standard InChI is InChI=1S/C32H25F6N5O3/c1-3-26(32(36,37)38)41-18-13-22(34)27(23(35)14-18)30(44)43-25(31(45)46)11-16-6-8-21(28-20(16)5-4-10-39-28)29-40-15(2)19-9-7-17(33)12-24(19)42-29/h4-10,12-14,25-26,41H,3,11H2,1-2H3,(H,43,44)(H,45,46)/t25-,26+/m0/s1. The van der Waals surface area contributed by atoms with E-state index in [1.807, 2.05) is 5.32 Å². The van der Waals surface area contributed by atoms with Crippen LogP contribution in [0.15, 0.2) is 60.8 Å². The van der Waals surface area contributed by atoms with E-state index in [9.17, 15) is 41.0 Å². The Balaban J connectivity index is 1.44. The Bertz CT molecular complexity index is 1960. The number of anilines is 1. The summed E-state index contributed by atoms with van der Waals surface area (Å²) >= 11 is 0. The summed E-state index contributed by atoms with van der Waals surface area (Å²) in [6.45, 7) is 2.98. The smallest absolute Gasteiger partial charge is 0.408 e. The number of aryl methyl sites for hydroxylation is 1. The quantitative estimate of drug-likeness (QED) is 0.153. The van der Waals surface area contributed by atoms with Crippen LogP contribution in [0.4, 0.5) is 32.0 Å².